The van der Waals surface area contributed by atoms with Gasteiger partial charge in [-0.05, 0) is 54.0 Å². The Balaban J connectivity index is 1.91. The average Bonchev–Trinajstić information content (AvgIpc) is 3.19. The van der Waals surface area contributed by atoms with Crippen molar-refractivity contribution in [2.75, 3.05) is 27.6 Å². The monoisotopic (exact) mass is 567 g/mol. The van der Waals surface area contributed by atoms with Crippen molar-refractivity contribution in [3.8, 4) is 28.4 Å². The molecule has 0 saturated carbocycles. The van der Waals surface area contributed by atoms with E-state index in [1.54, 1.807) is 18.4 Å². The molecule has 1 N–H and O–H groups in total. The van der Waals surface area contributed by atoms with Crippen molar-refractivity contribution in [1.82, 2.24) is 5.32 Å². The van der Waals surface area contributed by atoms with Gasteiger partial charge in [0.25, 0.3) is 17.3 Å². The van der Waals surface area contributed by atoms with Crippen LogP contribution in [0.2, 0.25) is 0 Å². The minimum atomic E-state index is -0.804. The number of thioether (sulfide) groups is 1. The highest BCUT2D eigenvalue weighted by molar-refractivity contribution is 7.98. The molecule has 0 heterocycles. The van der Waals surface area contributed by atoms with E-state index in [1.807, 2.05) is 6.07 Å². The smallest absolute Gasteiger partial charge is 0.277 e. The molecule has 0 aromatic heterocycles. The van der Waals surface area contributed by atoms with Gasteiger partial charge in [-0.25, -0.2) is 0 Å². The average molecular weight is 568 g/mol. The van der Waals surface area contributed by atoms with E-state index in [0.29, 0.717) is 51.7 Å². The highest BCUT2D eigenvalue weighted by Crippen LogP contribution is 2.50. The van der Waals surface area contributed by atoms with Gasteiger partial charge in [0.15, 0.2) is 16.9 Å². The van der Waals surface area contributed by atoms with Crippen LogP contribution < -0.4 is 25.0 Å². The van der Waals surface area contributed by atoms with Crippen LogP contribution in [0.3, 0.4) is 0 Å². The summed E-state index contributed by atoms with van der Waals surface area (Å²) in [5, 5.41) is 25.5. The third kappa shape index (κ3) is 5.27. The first-order valence-electron chi connectivity index (χ1n) is 11.9. The first kappa shape index (κ1) is 28.4. The van der Waals surface area contributed by atoms with Crippen LogP contribution in [0.5, 0.6) is 17.2 Å². The number of hydrogen-bond donors (Lipinski definition) is 1. The number of carbonyl (C=O) groups is 1. The number of carbonyl (C=O) groups excluding carboxylic acids is 1. The Bertz CT molecular complexity index is 1560. The molecular weight excluding hydrogens is 542 g/mol. The summed E-state index contributed by atoms with van der Waals surface area (Å²) in [6.45, 7) is 0. The molecule has 1 atom stereocenters. The first-order chi connectivity index (χ1) is 19.1. The summed E-state index contributed by atoms with van der Waals surface area (Å²) in [4.78, 5) is 48.1. The lowest BCUT2D eigenvalue weighted by atomic mass is 9.95. The molecule has 1 aliphatic carbocycles. The fourth-order valence-corrected chi connectivity index (χ4v) is 5.26. The largest absolute Gasteiger partial charge is 0.493 e. The van der Waals surface area contributed by atoms with Gasteiger partial charge in [-0.2, -0.15) is 0 Å². The molecule has 3 aromatic carbocycles. The lowest BCUT2D eigenvalue weighted by Crippen LogP contribution is -2.29. The van der Waals surface area contributed by atoms with E-state index in [1.165, 1.54) is 39.2 Å². The number of hydrogen-bond acceptors (Lipinski definition) is 10. The molecule has 12 nitrogen and oxygen atoms in total. The molecular formula is C27H25N3O9S. The molecule has 0 spiro atoms. The highest BCUT2D eigenvalue weighted by atomic mass is 32.2. The lowest BCUT2D eigenvalue weighted by Gasteiger charge is -2.20. The Hall–Kier alpha value is -4.65. The molecule has 1 aliphatic rings. The van der Waals surface area contributed by atoms with E-state index in [9.17, 15) is 29.8 Å². The van der Waals surface area contributed by atoms with E-state index in [2.05, 4.69) is 5.32 Å². The normalized spacial score (nSPS) is 13.8. The molecule has 1 amide bonds. The number of methoxy groups -OCH3 is 3. The molecule has 0 unspecified atom stereocenters. The summed E-state index contributed by atoms with van der Waals surface area (Å²) in [5.74, 6) is 0.435. The standard InChI is InChI=1S/C27H25N3O9S/c1-37-22-11-14-5-7-20(28-27(32)15-9-16(29(33)34)12-17(10-15)30(35)36)19-13-21(31)23(40-4)8-6-18(19)24(14)26(39-3)25(22)38-2/h6,8-13,20H,5,7H2,1-4H3,(H,28,32)/t20-/m0/s1. The number of ether oxygens (including phenoxy) is 3. The maximum Gasteiger partial charge on any atom is 0.277 e. The maximum absolute atomic E-state index is 13.4. The van der Waals surface area contributed by atoms with Crippen molar-refractivity contribution in [3.05, 3.63) is 89.6 Å². The zero-order chi connectivity index (χ0) is 29.1. The predicted octanol–water partition coefficient (Wildman–Crippen LogP) is 4.70. The molecule has 0 saturated heterocycles. The third-order valence-electron chi connectivity index (χ3n) is 6.61. The molecule has 13 heteroatoms. The minimum Gasteiger partial charge on any atom is -0.493 e. The molecule has 4 rings (SSSR count). The number of benzene rings is 2. The van der Waals surface area contributed by atoms with Crippen LogP contribution in [0.25, 0.3) is 11.1 Å². The number of aryl methyl sites for hydroxylation is 1. The van der Waals surface area contributed by atoms with Crippen molar-refractivity contribution in [2.24, 2.45) is 0 Å². The van der Waals surface area contributed by atoms with Gasteiger partial charge in [-0.15, -0.1) is 11.8 Å². The van der Waals surface area contributed by atoms with Crippen molar-refractivity contribution in [2.45, 2.75) is 23.8 Å². The second-order valence-corrected chi connectivity index (χ2v) is 9.62. The summed E-state index contributed by atoms with van der Waals surface area (Å²) < 4.78 is 16.9. The molecule has 0 radical (unpaired) electrons. The number of rotatable bonds is 8. The number of nitrogens with zero attached hydrogens (tertiary/aromatic N) is 2. The fourth-order valence-electron chi connectivity index (χ4n) is 4.80. The second kappa shape index (κ2) is 11.6. The first-order valence-corrected chi connectivity index (χ1v) is 13.1. The van der Waals surface area contributed by atoms with Gasteiger partial charge in [0.1, 0.15) is 0 Å². The number of amides is 1. The topological polar surface area (TPSA) is 160 Å². The number of nitro benzene ring substituents is 2. The number of non-ortho nitro benzene ring substituents is 2. The second-order valence-electron chi connectivity index (χ2n) is 8.78. The van der Waals surface area contributed by atoms with Crippen LogP contribution in [0.1, 0.15) is 33.9 Å². The van der Waals surface area contributed by atoms with Gasteiger partial charge in [0, 0.05) is 17.7 Å². The van der Waals surface area contributed by atoms with E-state index < -0.39 is 33.2 Å². The summed E-state index contributed by atoms with van der Waals surface area (Å²) in [5.41, 5.74) is 0.897. The highest BCUT2D eigenvalue weighted by Gasteiger charge is 2.30. The maximum atomic E-state index is 13.4. The van der Waals surface area contributed by atoms with Gasteiger partial charge >= 0.3 is 0 Å². The van der Waals surface area contributed by atoms with Crippen LogP contribution in [-0.2, 0) is 6.42 Å². The molecule has 0 aliphatic heterocycles. The lowest BCUT2D eigenvalue weighted by molar-refractivity contribution is -0.394. The number of fused-ring (bicyclic) bond motifs is 3. The van der Waals surface area contributed by atoms with E-state index >= 15 is 0 Å². The Morgan fingerprint density at radius 2 is 1.60 bits per heavy atom. The molecule has 0 bridgehead atoms. The van der Waals surface area contributed by atoms with Crippen molar-refractivity contribution in [3.63, 3.8) is 0 Å². The Labute approximate surface area is 232 Å². The van der Waals surface area contributed by atoms with Crippen LogP contribution in [0, 0.1) is 20.2 Å². The third-order valence-corrected chi connectivity index (χ3v) is 7.39. The zero-order valence-electron chi connectivity index (χ0n) is 22.0. The van der Waals surface area contributed by atoms with Crippen LogP contribution in [-0.4, -0.2) is 43.3 Å². The number of nitrogens with one attached hydrogen (secondary N) is 1. The molecule has 208 valence electrons. The quantitative estimate of drug-likeness (QED) is 0.230. The Morgan fingerprint density at radius 3 is 2.15 bits per heavy atom. The summed E-state index contributed by atoms with van der Waals surface area (Å²) in [6, 6.07) is 8.74. The van der Waals surface area contributed by atoms with Gasteiger partial charge in [-0.1, -0.05) is 6.07 Å². The SMILES string of the molecule is COc1cc2c(c(OC)c1OC)-c1ccc(SC)c(=O)cc1[C@@H](NC(=O)c1cc([N+](=O)[O-])cc([N+](=O)[O-])c1)CC2. The molecule has 0 fully saturated rings. The molecule has 3 aromatic rings. The van der Waals surface area contributed by atoms with Crippen LogP contribution >= 0.6 is 11.8 Å². The Kier molecular flexibility index (Phi) is 8.24. The summed E-state index contributed by atoms with van der Waals surface area (Å²) >= 11 is 1.27. The number of nitro groups is 2. The van der Waals surface area contributed by atoms with Gasteiger partial charge in [0.05, 0.1) is 53.7 Å². The van der Waals surface area contributed by atoms with E-state index in [0.717, 1.165) is 23.8 Å². The van der Waals surface area contributed by atoms with Gasteiger partial charge in [0.2, 0.25) is 5.75 Å². The Morgan fingerprint density at radius 1 is 0.950 bits per heavy atom. The van der Waals surface area contributed by atoms with Gasteiger partial charge < -0.3 is 19.5 Å². The van der Waals surface area contributed by atoms with Crippen molar-refractivity contribution >= 4 is 29.0 Å². The summed E-state index contributed by atoms with van der Waals surface area (Å²) in [6.07, 6.45) is 2.53. The minimum absolute atomic E-state index is 0.252. The summed E-state index contributed by atoms with van der Waals surface area (Å²) in [7, 11) is 4.48. The van der Waals surface area contributed by atoms with Crippen LogP contribution in [0.4, 0.5) is 11.4 Å². The predicted molar refractivity (Wildman–Crippen MR) is 148 cm³/mol. The van der Waals surface area contributed by atoms with Crippen molar-refractivity contribution < 1.29 is 28.9 Å². The van der Waals surface area contributed by atoms with Crippen LogP contribution in [0.15, 0.2) is 52.2 Å². The zero-order valence-corrected chi connectivity index (χ0v) is 22.8. The van der Waals surface area contributed by atoms with Gasteiger partial charge in [-0.3, -0.25) is 29.8 Å². The van der Waals surface area contributed by atoms with Crippen molar-refractivity contribution in [1.29, 1.82) is 0 Å². The van der Waals surface area contributed by atoms with E-state index in [-0.39, 0.29) is 11.0 Å². The van der Waals surface area contributed by atoms with E-state index in [4.69, 9.17) is 14.2 Å². The molecule has 40 heavy (non-hydrogen) atoms. The fraction of sp³-hybridized carbons (Fsp3) is 0.259.